The van der Waals surface area contributed by atoms with Crippen molar-refractivity contribution >= 4 is 40.7 Å². The number of fused-ring (bicyclic) bond motifs is 1. The molecule has 1 aliphatic rings. The van der Waals surface area contributed by atoms with Crippen LogP contribution in [0.1, 0.15) is 6.92 Å². The molecule has 2 aromatic rings. The summed E-state index contributed by atoms with van der Waals surface area (Å²) >= 11 is 5.98. The van der Waals surface area contributed by atoms with E-state index in [2.05, 4.69) is 10.3 Å². The van der Waals surface area contributed by atoms with Crippen LogP contribution >= 0.6 is 11.6 Å². The molecule has 0 aliphatic carbocycles. The number of methoxy groups -OCH3 is 1. The lowest BCUT2D eigenvalue weighted by molar-refractivity contribution is -0.125. The van der Waals surface area contributed by atoms with Gasteiger partial charge in [-0.3, -0.25) is 14.5 Å². The van der Waals surface area contributed by atoms with Crippen LogP contribution < -0.4 is 25.4 Å². The minimum atomic E-state index is -0.858. The second-order valence-corrected chi connectivity index (χ2v) is 6.06. The van der Waals surface area contributed by atoms with E-state index in [9.17, 15) is 9.59 Å². The molecule has 1 atom stereocenters. The fourth-order valence-corrected chi connectivity index (χ4v) is 2.77. The van der Waals surface area contributed by atoms with Gasteiger partial charge in [-0.1, -0.05) is 11.6 Å². The third kappa shape index (κ3) is 3.36. The molecular formula is C17H17ClN4O4. The van der Waals surface area contributed by atoms with Crippen LogP contribution in [-0.2, 0) is 9.59 Å². The van der Waals surface area contributed by atoms with Gasteiger partial charge in [-0.15, -0.1) is 0 Å². The summed E-state index contributed by atoms with van der Waals surface area (Å²) in [5, 5.41) is 3.16. The number of nitrogens with two attached hydrogens (primary N) is 1. The van der Waals surface area contributed by atoms with Gasteiger partial charge in [-0.25, -0.2) is 4.98 Å². The van der Waals surface area contributed by atoms with Crippen molar-refractivity contribution in [3.63, 3.8) is 0 Å². The van der Waals surface area contributed by atoms with Crippen molar-refractivity contribution in [1.29, 1.82) is 0 Å². The highest BCUT2D eigenvalue weighted by molar-refractivity contribution is 6.31. The molecule has 0 saturated heterocycles. The predicted octanol–water partition coefficient (Wildman–Crippen LogP) is 2.08. The zero-order valence-electron chi connectivity index (χ0n) is 14.2. The van der Waals surface area contributed by atoms with E-state index in [1.165, 1.54) is 12.0 Å². The normalized spacial score (nSPS) is 14.3. The molecule has 1 aromatic carbocycles. The molecule has 2 heterocycles. The molecule has 0 spiro atoms. The number of hydrogen-bond acceptors (Lipinski definition) is 6. The van der Waals surface area contributed by atoms with Gasteiger partial charge in [0.05, 0.1) is 12.8 Å². The molecule has 1 aliphatic heterocycles. The maximum absolute atomic E-state index is 12.7. The maximum atomic E-state index is 12.7. The lowest BCUT2D eigenvalue weighted by Gasteiger charge is -2.32. The topological polar surface area (TPSA) is 107 Å². The number of nitrogen functional groups attached to an aromatic ring is 1. The molecule has 2 amide bonds. The number of halogens is 1. The Bertz CT molecular complexity index is 874. The first kappa shape index (κ1) is 17.8. The molecule has 0 bridgehead atoms. The van der Waals surface area contributed by atoms with Gasteiger partial charge in [0.25, 0.3) is 5.91 Å². The van der Waals surface area contributed by atoms with Crippen LogP contribution in [0.3, 0.4) is 0 Å². The number of rotatable bonds is 4. The van der Waals surface area contributed by atoms with Crippen LogP contribution in [0.5, 0.6) is 11.5 Å². The Morgan fingerprint density at radius 2 is 2.19 bits per heavy atom. The Balaban J connectivity index is 1.89. The predicted molar refractivity (Wildman–Crippen MR) is 97.7 cm³/mol. The molecule has 26 heavy (non-hydrogen) atoms. The molecule has 0 fully saturated rings. The number of benzene rings is 1. The number of pyridine rings is 1. The van der Waals surface area contributed by atoms with Crippen LogP contribution in [0, 0.1) is 0 Å². The van der Waals surface area contributed by atoms with Crippen LogP contribution in [0.25, 0.3) is 0 Å². The van der Waals surface area contributed by atoms with Crippen molar-refractivity contribution in [2.75, 3.05) is 29.7 Å². The zero-order valence-corrected chi connectivity index (χ0v) is 14.9. The smallest absolute Gasteiger partial charge is 0.266 e. The quantitative estimate of drug-likeness (QED) is 0.846. The van der Waals surface area contributed by atoms with Crippen LogP contribution in [0.2, 0.25) is 5.02 Å². The molecule has 3 rings (SSSR count). The second kappa shape index (κ2) is 7.09. The third-order valence-corrected chi connectivity index (χ3v) is 4.13. The monoisotopic (exact) mass is 376 g/mol. The van der Waals surface area contributed by atoms with Gasteiger partial charge >= 0.3 is 0 Å². The van der Waals surface area contributed by atoms with E-state index in [0.29, 0.717) is 22.2 Å². The van der Waals surface area contributed by atoms with Gasteiger partial charge in [0, 0.05) is 5.02 Å². The van der Waals surface area contributed by atoms with E-state index in [-0.39, 0.29) is 18.2 Å². The third-order valence-electron chi connectivity index (χ3n) is 3.90. The fourth-order valence-electron chi connectivity index (χ4n) is 2.59. The Morgan fingerprint density at radius 1 is 1.42 bits per heavy atom. The van der Waals surface area contributed by atoms with Crippen molar-refractivity contribution in [1.82, 2.24) is 4.98 Å². The number of carbonyl (C=O) groups excluding carboxylic acids is 2. The van der Waals surface area contributed by atoms with Crippen molar-refractivity contribution in [2.24, 2.45) is 0 Å². The summed E-state index contributed by atoms with van der Waals surface area (Å²) in [6.07, 6.45) is 0. The van der Waals surface area contributed by atoms with E-state index in [1.54, 1.807) is 37.3 Å². The standard InChI is InChI=1S/C17H17ClN4O4/c1-9(17(24)20-11-7-10(18)3-4-12(11)25-2)22-15(23)8-26-13-5-6-14(19)21-16(13)22/h3-7,9H,8H2,1-2H3,(H2,19,21)(H,20,24). The van der Waals surface area contributed by atoms with Crippen molar-refractivity contribution in [3.05, 3.63) is 35.4 Å². The minimum Gasteiger partial charge on any atom is -0.495 e. The Morgan fingerprint density at radius 3 is 2.92 bits per heavy atom. The van der Waals surface area contributed by atoms with E-state index >= 15 is 0 Å². The van der Waals surface area contributed by atoms with Crippen LogP contribution in [0.15, 0.2) is 30.3 Å². The van der Waals surface area contributed by atoms with Crippen LogP contribution in [-0.4, -0.2) is 36.6 Å². The van der Waals surface area contributed by atoms with Gasteiger partial charge in [0.1, 0.15) is 17.6 Å². The fraction of sp³-hybridized carbons (Fsp3) is 0.235. The summed E-state index contributed by atoms with van der Waals surface area (Å²) in [5.74, 6) is 0.440. The van der Waals surface area contributed by atoms with E-state index in [1.807, 2.05) is 0 Å². The van der Waals surface area contributed by atoms with Crippen LogP contribution in [0.4, 0.5) is 17.3 Å². The molecular weight excluding hydrogens is 360 g/mol. The second-order valence-electron chi connectivity index (χ2n) is 5.62. The summed E-state index contributed by atoms with van der Waals surface area (Å²) in [7, 11) is 1.48. The zero-order chi connectivity index (χ0) is 18.8. The number of aromatic nitrogens is 1. The number of anilines is 3. The number of ether oxygens (including phenoxy) is 2. The Kier molecular flexibility index (Phi) is 4.85. The van der Waals surface area contributed by atoms with Gasteiger partial charge in [-0.05, 0) is 37.3 Å². The summed E-state index contributed by atoms with van der Waals surface area (Å²) < 4.78 is 10.6. The number of nitrogens with zero attached hydrogens (tertiary/aromatic N) is 2. The Labute approximate surface area is 154 Å². The largest absolute Gasteiger partial charge is 0.495 e. The minimum absolute atomic E-state index is 0.184. The van der Waals surface area contributed by atoms with Crippen molar-refractivity contribution in [3.8, 4) is 11.5 Å². The summed E-state index contributed by atoms with van der Waals surface area (Å²) in [5.41, 5.74) is 6.11. The number of nitrogens with one attached hydrogen (secondary N) is 1. The number of hydrogen-bond donors (Lipinski definition) is 2. The van der Waals surface area contributed by atoms with E-state index < -0.39 is 17.9 Å². The highest BCUT2D eigenvalue weighted by Gasteiger charge is 2.34. The summed E-state index contributed by atoms with van der Waals surface area (Å²) in [6, 6.07) is 7.17. The molecule has 0 saturated carbocycles. The van der Waals surface area contributed by atoms with Gasteiger partial charge < -0.3 is 20.5 Å². The Hall–Kier alpha value is -3.00. The summed E-state index contributed by atoms with van der Waals surface area (Å²) in [4.78, 5) is 30.5. The van der Waals surface area contributed by atoms with E-state index in [0.717, 1.165) is 0 Å². The summed E-state index contributed by atoms with van der Waals surface area (Å²) in [6.45, 7) is 1.40. The lowest BCUT2D eigenvalue weighted by atomic mass is 10.2. The molecule has 1 unspecified atom stereocenters. The van der Waals surface area contributed by atoms with Gasteiger partial charge in [0.15, 0.2) is 18.2 Å². The molecule has 3 N–H and O–H groups in total. The average Bonchev–Trinajstić information content (AvgIpc) is 2.61. The average molecular weight is 377 g/mol. The lowest BCUT2D eigenvalue weighted by Crippen LogP contribution is -2.50. The van der Waals surface area contributed by atoms with E-state index in [4.69, 9.17) is 26.8 Å². The highest BCUT2D eigenvalue weighted by Crippen LogP contribution is 2.33. The first-order valence-electron chi connectivity index (χ1n) is 7.76. The van der Waals surface area contributed by atoms with Gasteiger partial charge in [0.2, 0.25) is 5.91 Å². The molecule has 9 heteroatoms. The maximum Gasteiger partial charge on any atom is 0.266 e. The number of amides is 2. The molecule has 136 valence electrons. The molecule has 8 nitrogen and oxygen atoms in total. The molecule has 1 aromatic heterocycles. The highest BCUT2D eigenvalue weighted by atomic mass is 35.5. The number of carbonyl (C=O) groups is 2. The SMILES string of the molecule is COc1ccc(Cl)cc1NC(=O)C(C)N1C(=O)COc2ccc(N)nc21. The van der Waals surface area contributed by atoms with Crippen molar-refractivity contribution < 1.29 is 19.1 Å². The van der Waals surface area contributed by atoms with Gasteiger partial charge in [-0.2, -0.15) is 0 Å². The first-order chi connectivity index (χ1) is 12.4. The molecule has 0 radical (unpaired) electrons. The van der Waals surface area contributed by atoms with Crippen molar-refractivity contribution in [2.45, 2.75) is 13.0 Å². The first-order valence-corrected chi connectivity index (χ1v) is 8.14.